The van der Waals surface area contributed by atoms with Gasteiger partial charge in [0.1, 0.15) is 5.82 Å². The van der Waals surface area contributed by atoms with Crippen LogP contribution in [0.15, 0.2) is 12.1 Å². The summed E-state index contributed by atoms with van der Waals surface area (Å²) in [6, 6.07) is 3.87. The average Bonchev–Trinajstić information content (AvgIpc) is 2.35. The second-order valence-electron chi connectivity index (χ2n) is 4.91. The van der Waals surface area contributed by atoms with Gasteiger partial charge < -0.3 is 10.2 Å². The van der Waals surface area contributed by atoms with E-state index in [-0.39, 0.29) is 5.91 Å². The fraction of sp³-hybridized carbons (Fsp3) is 0.615. The molecule has 0 aliphatic carbocycles. The van der Waals surface area contributed by atoms with Gasteiger partial charge in [0.25, 0.3) is 5.91 Å². The van der Waals surface area contributed by atoms with E-state index in [1.54, 1.807) is 26.2 Å². The van der Waals surface area contributed by atoms with Crippen LogP contribution in [-0.2, 0) is 0 Å². The number of rotatable bonds is 5. The van der Waals surface area contributed by atoms with Gasteiger partial charge in [0, 0.05) is 20.1 Å². The van der Waals surface area contributed by atoms with Gasteiger partial charge in [-0.15, -0.1) is 10.2 Å². The molecule has 0 fully saturated rings. The van der Waals surface area contributed by atoms with Gasteiger partial charge in [0.05, 0.1) is 0 Å². The summed E-state index contributed by atoms with van der Waals surface area (Å²) in [4.78, 5) is 13.1. The summed E-state index contributed by atoms with van der Waals surface area (Å²) in [6.45, 7) is 6.46. The van der Waals surface area contributed by atoms with Crippen molar-refractivity contribution in [3.8, 4) is 0 Å². The van der Waals surface area contributed by atoms with Crippen molar-refractivity contribution in [1.82, 2.24) is 15.1 Å². The van der Waals surface area contributed by atoms with Gasteiger partial charge in [-0.25, -0.2) is 0 Å². The quantitative estimate of drug-likeness (QED) is 0.868. The molecule has 1 heterocycles. The number of anilines is 1. The predicted molar refractivity (Wildman–Crippen MR) is 72.6 cm³/mol. The highest BCUT2D eigenvalue weighted by Gasteiger charge is 2.13. The molecule has 18 heavy (non-hydrogen) atoms. The smallest absolute Gasteiger partial charge is 0.273 e. The highest BCUT2D eigenvalue weighted by atomic mass is 16.2. The first-order chi connectivity index (χ1) is 8.45. The molecule has 1 atom stereocenters. The number of carbonyl (C=O) groups is 1. The molecule has 5 nitrogen and oxygen atoms in total. The zero-order valence-electron chi connectivity index (χ0n) is 11.8. The van der Waals surface area contributed by atoms with Crippen LogP contribution in [0.4, 0.5) is 5.82 Å². The SMILES string of the molecule is CCC(Nc1ccc(C(=O)N(C)C)nn1)C(C)C. The van der Waals surface area contributed by atoms with Gasteiger partial charge in [-0.3, -0.25) is 4.79 Å². The number of nitrogens with zero attached hydrogens (tertiary/aromatic N) is 3. The molecule has 1 unspecified atom stereocenters. The number of hydrogen-bond acceptors (Lipinski definition) is 4. The van der Waals surface area contributed by atoms with Crippen LogP contribution in [0.5, 0.6) is 0 Å². The lowest BCUT2D eigenvalue weighted by atomic mass is 10.0. The summed E-state index contributed by atoms with van der Waals surface area (Å²) in [5.74, 6) is 1.11. The zero-order valence-corrected chi connectivity index (χ0v) is 11.8. The van der Waals surface area contributed by atoms with Crippen molar-refractivity contribution < 1.29 is 4.79 Å². The molecule has 1 aromatic heterocycles. The highest BCUT2D eigenvalue weighted by Crippen LogP contribution is 2.12. The first-order valence-corrected chi connectivity index (χ1v) is 6.27. The Kier molecular flexibility index (Phi) is 5.07. The monoisotopic (exact) mass is 250 g/mol. The van der Waals surface area contributed by atoms with Crippen molar-refractivity contribution in [2.45, 2.75) is 33.2 Å². The molecule has 0 bridgehead atoms. The molecule has 1 N–H and O–H groups in total. The fourth-order valence-electron chi connectivity index (χ4n) is 1.68. The van der Waals surface area contributed by atoms with E-state index < -0.39 is 0 Å². The molecule has 0 saturated heterocycles. The molecule has 1 rings (SSSR count). The summed E-state index contributed by atoms with van der Waals surface area (Å²) in [5.41, 5.74) is 0.364. The summed E-state index contributed by atoms with van der Waals surface area (Å²) in [5, 5.41) is 11.3. The molecule has 0 aliphatic heterocycles. The maximum Gasteiger partial charge on any atom is 0.273 e. The van der Waals surface area contributed by atoms with Crippen LogP contribution >= 0.6 is 0 Å². The first kappa shape index (κ1) is 14.4. The highest BCUT2D eigenvalue weighted by molar-refractivity contribution is 5.91. The fourth-order valence-corrected chi connectivity index (χ4v) is 1.68. The van der Waals surface area contributed by atoms with E-state index in [1.165, 1.54) is 4.90 Å². The van der Waals surface area contributed by atoms with Gasteiger partial charge in [0.15, 0.2) is 5.69 Å². The molecular formula is C13H22N4O. The van der Waals surface area contributed by atoms with E-state index in [4.69, 9.17) is 0 Å². The summed E-state index contributed by atoms with van der Waals surface area (Å²) < 4.78 is 0. The Hall–Kier alpha value is -1.65. The normalized spacial score (nSPS) is 12.3. The average molecular weight is 250 g/mol. The molecule has 0 saturated carbocycles. The summed E-state index contributed by atoms with van der Waals surface area (Å²) in [6.07, 6.45) is 1.03. The van der Waals surface area contributed by atoms with Crippen LogP contribution in [0.1, 0.15) is 37.7 Å². The zero-order chi connectivity index (χ0) is 13.7. The summed E-state index contributed by atoms with van der Waals surface area (Å²) >= 11 is 0. The van der Waals surface area contributed by atoms with Crippen LogP contribution in [0, 0.1) is 5.92 Å². The van der Waals surface area contributed by atoms with Gasteiger partial charge in [0.2, 0.25) is 0 Å². The van der Waals surface area contributed by atoms with Crippen molar-refractivity contribution in [2.75, 3.05) is 19.4 Å². The van der Waals surface area contributed by atoms with Gasteiger partial charge in [-0.05, 0) is 24.5 Å². The first-order valence-electron chi connectivity index (χ1n) is 6.27. The van der Waals surface area contributed by atoms with Gasteiger partial charge >= 0.3 is 0 Å². The maximum absolute atomic E-state index is 11.6. The standard InChI is InChI=1S/C13H22N4O/c1-6-10(9(2)3)14-12-8-7-11(15-16-12)13(18)17(4)5/h7-10H,6H2,1-5H3,(H,14,16). The second kappa shape index (κ2) is 6.33. The molecule has 0 aliphatic rings. The number of nitrogens with one attached hydrogen (secondary N) is 1. The molecule has 0 radical (unpaired) electrons. The number of hydrogen-bond donors (Lipinski definition) is 1. The van der Waals surface area contributed by atoms with E-state index in [1.807, 2.05) is 0 Å². The lowest BCUT2D eigenvalue weighted by molar-refractivity contribution is 0.0821. The van der Waals surface area contributed by atoms with Crippen molar-refractivity contribution in [3.63, 3.8) is 0 Å². The van der Waals surface area contributed by atoms with Gasteiger partial charge in [-0.1, -0.05) is 20.8 Å². The number of aromatic nitrogens is 2. The Bertz CT molecular complexity index is 386. The largest absolute Gasteiger partial charge is 0.366 e. The summed E-state index contributed by atoms with van der Waals surface area (Å²) in [7, 11) is 3.39. The lowest BCUT2D eigenvalue weighted by Crippen LogP contribution is -2.26. The Balaban J connectivity index is 2.74. The van der Waals surface area contributed by atoms with Crippen LogP contribution in [-0.4, -0.2) is 41.1 Å². The molecule has 0 spiro atoms. The van der Waals surface area contributed by atoms with E-state index in [0.717, 1.165) is 6.42 Å². The molecule has 0 aromatic carbocycles. The van der Waals surface area contributed by atoms with Crippen LogP contribution in [0.3, 0.4) is 0 Å². The van der Waals surface area contributed by atoms with E-state index in [9.17, 15) is 4.79 Å². The minimum Gasteiger partial charge on any atom is -0.366 e. The third kappa shape index (κ3) is 3.68. The molecule has 100 valence electrons. The predicted octanol–water partition coefficient (Wildman–Crippen LogP) is 2.02. The van der Waals surface area contributed by atoms with Crippen molar-refractivity contribution >= 4 is 11.7 Å². The van der Waals surface area contributed by atoms with Crippen LogP contribution in [0.2, 0.25) is 0 Å². The number of carbonyl (C=O) groups excluding carboxylic acids is 1. The lowest BCUT2D eigenvalue weighted by Gasteiger charge is -2.20. The second-order valence-corrected chi connectivity index (χ2v) is 4.91. The molecule has 1 aromatic rings. The van der Waals surface area contributed by atoms with E-state index in [0.29, 0.717) is 23.5 Å². The van der Waals surface area contributed by atoms with E-state index >= 15 is 0 Å². The maximum atomic E-state index is 11.6. The van der Waals surface area contributed by atoms with Crippen LogP contribution < -0.4 is 5.32 Å². The Morgan fingerprint density at radius 3 is 2.39 bits per heavy atom. The number of amides is 1. The Morgan fingerprint density at radius 1 is 1.33 bits per heavy atom. The van der Waals surface area contributed by atoms with Crippen LogP contribution in [0.25, 0.3) is 0 Å². The Morgan fingerprint density at radius 2 is 2.00 bits per heavy atom. The third-order valence-electron chi connectivity index (χ3n) is 2.87. The topological polar surface area (TPSA) is 58.1 Å². The molecule has 1 amide bonds. The minimum atomic E-state index is -0.134. The van der Waals surface area contributed by atoms with Gasteiger partial charge in [-0.2, -0.15) is 0 Å². The molecule has 5 heteroatoms. The van der Waals surface area contributed by atoms with E-state index in [2.05, 4.69) is 36.3 Å². The Labute approximate surface area is 109 Å². The molecular weight excluding hydrogens is 228 g/mol. The van der Waals surface area contributed by atoms with Crippen molar-refractivity contribution in [3.05, 3.63) is 17.8 Å². The minimum absolute atomic E-state index is 0.134. The van der Waals surface area contributed by atoms with Crippen molar-refractivity contribution in [2.24, 2.45) is 5.92 Å². The van der Waals surface area contributed by atoms with Crippen molar-refractivity contribution in [1.29, 1.82) is 0 Å². The third-order valence-corrected chi connectivity index (χ3v) is 2.87.